The van der Waals surface area contributed by atoms with Gasteiger partial charge in [-0.1, -0.05) is 6.92 Å². The van der Waals surface area contributed by atoms with Crippen molar-refractivity contribution in [2.75, 3.05) is 33.3 Å². The van der Waals surface area contributed by atoms with Crippen LogP contribution in [0.2, 0.25) is 0 Å². The molecule has 8 heteroatoms. The van der Waals surface area contributed by atoms with Crippen molar-refractivity contribution in [1.82, 2.24) is 19.8 Å². The first-order valence-corrected chi connectivity index (χ1v) is 9.14. The molecule has 2 heterocycles. The number of esters is 1. The van der Waals surface area contributed by atoms with Crippen molar-refractivity contribution in [2.24, 2.45) is 0 Å². The Morgan fingerprint density at radius 1 is 1.11 bits per heavy atom. The largest absolute Gasteiger partial charge is 0.469 e. The zero-order chi connectivity index (χ0) is 19.4. The molecule has 0 radical (unpaired) electrons. The molecule has 2 aromatic rings. The fourth-order valence-corrected chi connectivity index (χ4v) is 3.17. The van der Waals surface area contributed by atoms with E-state index in [0.717, 1.165) is 23.3 Å². The van der Waals surface area contributed by atoms with E-state index in [0.29, 0.717) is 31.7 Å². The van der Waals surface area contributed by atoms with Gasteiger partial charge in [-0.05, 0) is 18.2 Å². The number of aromatic amines is 1. The van der Waals surface area contributed by atoms with Gasteiger partial charge in [0.15, 0.2) is 0 Å². The Morgan fingerprint density at radius 3 is 2.48 bits per heavy atom. The van der Waals surface area contributed by atoms with Crippen molar-refractivity contribution in [1.29, 1.82) is 0 Å². The Labute approximate surface area is 157 Å². The first kappa shape index (κ1) is 18.9. The second kappa shape index (κ2) is 8.20. The molecule has 1 aliphatic heterocycles. The van der Waals surface area contributed by atoms with Crippen LogP contribution in [0, 0.1) is 0 Å². The van der Waals surface area contributed by atoms with E-state index in [-0.39, 0.29) is 24.7 Å². The van der Waals surface area contributed by atoms with Gasteiger partial charge in [-0.3, -0.25) is 14.4 Å². The number of H-pyrrole nitrogens is 1. The maximum atomic E-state index is 12.8. The van der Waals surface area contributed by atoms with Gasteiger partial charge < -0.3 is 19.5 Å². The van der Waals surface area contributed by atoms with Crippen LogP contribution in [0.3, 0.4) is 0 Å². The number of nitrogens with one attached hydrogen (secondary N) is 1. The van der Waals surface area contributed by atoms with E-state index in [1.165, 1.54) is 7.11 Å². The Morgan fingerprint density at radius 2 is 1.81 bits per heavy atom. The lowest BCUT2D eigenvalue weighted by molar-refractivity contribution is -0.143. The highest BCUT2D eigenvalue weighted by molar-refractivity contribution is 5.97. The number of methoxy groups -OCH3 is 1. The fourth-order valence-electron chi connectivity index (χ4n) is 3.17. The third-order valence-corrected chi connectivity index (χ3v) is 4.80. The standard InChI is InChI=1S/C19H24N4O4/c1-3-16-20-14-5-4-13(12-15(14)21-16)19(26)23-10-8-22(9-11-23)17(24)6-7-18(25)27-2/h4-5,12H,3,6-11H2,1-2H3,(H,20,21). The second-order valence-corrected chi connectivity index (χ2v) is 6.52. The number of hydrogen-bond acceptors (Lipinski definition) is 5. The smallest absolute Gasteiger partial charge is 0.306 e. The van der Waals surface area contributed by atoms with Crippen molar-refractivity contribution in [3.63, 3.8) is 0 Å². The molecule has 1 aliphatic rings. The normalized spacial score (nSPS) is 14.4. The molecule has 27 heavy (non-hydrogen) atoms. The summed E-state index contributed by atoms with van der Waals surface area (Å²) in [5, 5.41) is 0. The van der Waals surface area contributed by atoms with Crippen LogP contribution in [0.25, 0.3) is 11.0 Å². The highest BCUT2D eigenvalue weighted by atomic mass is 16.5. The molecule has 2 amide bonds. The van der Waals surface area contributed by atoms with Crippen LogP contribution in [0.5, 0.6) is 0 Å². The lowest BCUT2D eigenvalue weighted by Crippen LogP contribution is -2.50. The SMILES string of the molecule is CCc1nc2ccc(C(=O)N3CCN(C(=O)CCC(=O)OC)CC3)cc2[nH]1. The molecule has 0 atom stereocenters. The van der Waals surface area contributed by atoms with Crippen LogP contribution < -0.4 is 0 Å². The molecule has 1 N–H and O–H groups in total. The minimum atomic E-state index is -0.391. The molecule has 1 aromatic heterocycles. The quantitative estimate of drug-likeness (QED) is 0.800. The molecule has 3 rings (SSSR count). The molecule has 144 valence electrons. The summed E-state index contributed by atoms with van der Waals surface area (Å²) >= 11 is 0. The van der Waals surface area contributed by atoms with Gasteiger partial charge in [-0.15, -0.1) is 0 Å². The van der Waals surface area contributed by atoms with Crippen molar-refractivity contribution in [2.45, 2.75) is 26.2 Å². The number of ether oxygens (including phenoxy) is 1. The van der Waals surface area contributed by atoms with E-state index in [1.807, 2.05) is 19.1 Å². The summed E-state index contributed by atoms with van der Waals surface area (Å²) in [5.41, 5.74) is 2.32. The number of benzene rings is 1. The van der Waals surface area contributed by atoms with Gasteiger partial charge in [0.2, 0.25) is 5.91 Å². The summed E-state index contributed by atoms with van der Waals surface area (Å²) in [4.78, 5) is 47.2. The highest BCUT2D eigenvalue weighted by Crippen LogP contribution is 2.17. The van der Waals surface area contributed by atoms with E-state index in [2.05, 4.69) is 14.7 Å². The summed E-state index contributed by atoms with van der Waals surface area (Å²) in [6, 6.07) is 5.47. The Bertz CT molecular complexity index is 853. The number of carbonyl (C=O) groups excluding carboxylic acids is 3. The number of fused-ring (bicyclic) bond motifs is 1. The molecule has 8 nitrogen and oxygen atoms in total. The lowest BCUT2D eigenvalue weighted by atomic mass is 10.1. The fraction of sp³-hybridized carbons (Fsp3) is 0.474. The van der Waals surface area contributed by atoms with Crippen molar-refractivity contribution >= 4 is 28.8 Å². The first-order valence-electron chi connectivity index (χ1n) is 9.14. The molecule has 1 fully saturated rings. The van der Waals surface area contributed by atoms with Gasteiger partial charge in [0, 0.05) is 44.6 Å². The zero-order valence-electron chi connectivity index (χ0n) is 15.7. The zero-order valence-corrected chi connectivity index (χ0v) is 15.7. The summed E-state index contributed by atoms with van der Waals surface area (Å²) in [6.07, 6.45) is 1.03. The number of hydrogen-bond donors (Lipinski definition) is 1. The third-order valence-electron chi connectivity index (χ3n) is 4.80. The molecule has 0 aliphatic carbocycles. The highest BCUT2D eigenvalue weighted by Gasteiger charge is 2.25. The molecule has 0 bridgehead atoms. The van der Waals surface area contributed by atoms with E-state index >= 15 is 0 Å². The van der Waals surface area contributed by atoms with Crippen LogP contribution in [0.4, 0.5) is 0 Å². The maximum Gasteiger partial charge on any atom is 0.306 e. The van der Waals surface area contributed by atoms with Crippen LogP contribution >= 0.6 is 0 Å². The van der Waals surface area contributed by atoms with E-state index in [1.54, 1.807) is 15.9 Å². The minimum Gasteiger partial charge on any atom is -0.469 e. The second-order valence-electron chi connectivity index (χ2n) is 6.52. The Kier molecular flexibility index (Phi) is 5.73. The van der Waals surface area contributed by atoms with Crippen LogP contribution in [-0.2, 0) is 20.7 Å². The average molecular weight is 372 g/mol. The number of piperazine rings is 1. The molecule has 0 unspecified atom stereocenters. The van der Waals surface area contributed by atoms with Crippen molar-refractivity contribution < 1.29 is 19.1 Å². The van der Waals surface area contributed by atoms with Gasteiger partial charge in [0.25, 0.3) is 5.91 Å². The number of rotatable bonds is 5. The number of aromatic nitrogens is 2. The van der Waals surface area contributed by atoms with Crippen LogP contribution in [-0.4, -0.2) is 70.8 Å². The van der Waals surface area contributed by atoms with E-state index < -0.39 is 5.97 Å². The Hall–Kier alpha value is -2.90. The molecule has 0 spiro atoms. The van der Waals surface area contributed by atoms with E-state index in [4.69, 9.17) is 0 Å². The van der Waals surface area contributed by atoms with Gasteiger partial charge >= 0.3 is 5.97 Å². The summed E-state index contributed by atoms with van der Waals surface area (Å²) in [5.74, 6) is 0.371. The van der Waals surface area contributed by atoms with Gasteiger partial charge in [-0.2, -0.15) is 0 Å². The number of amides is 2. The van der Waals surface area contributed by atoms with E-state index in [9.17, 15) is 14.4 Å². The minimum absolute atomic E-state index is 0.0498. The lowest BCUT2D eigenvalue weighted by Gasteiger charge is -2.34. The monoisotopic (exact) mass is 372 g/mol. The van der Waals surface area contributed by atoms with Crippen molar-refractivity contribution in [3.8, 4) is 0 Å². The average Bonchev–Trinajstić information content (AvgIpc) is 3.13. The number of imidazole rings is 1. The van der Waals surface area contributed by atoms with Gasteiger partial charge in [0.1, 0.15) is 5.82 Å². The summed E-state index contributed by atoms with van der Waals surface area (Å²) < 4.78 is 4.56. The molecular formula is C19H24N4O4. The third kappa shape index (κ3) is 4.27. The number of aryl methyl sites for hydroxylation is 1. The summed E-state index contributed by atoms with van der Waals surface area (Å²) in [6.45, 7) is 3.92. The maximum absolute atomic E-state index is 12.8. The molecular weight excluding hydrogens is 348 g/mol. The predicted octanol–water partition coefficient (Wildman–Crippen LogP) is 1.36. The van der Waals surface area contributed by atoms with Gasteiger partial charge in [0.05, 0.1) is 24.6 Å². The predicted molar refractivity (Wildman–Crippen MR) is 99.2 cm³/mol. The van der Waals surface area contributed by atoms with Crippen molar-refractivity contribution in [3.05, 3.63) is 29.6 Å². The summed E-state index contributed by atoms with van der Waals surface area (Å²) in [7, 11) is 1.31. The molecule has 1 aromatic carbocycles. The number of carbonyl (C=O) groups is 3. The van der Waals surface area contributed by atoms with Crippen LogP contribution in [0.1, 0.15) is 35.9 Å². The molecule has 0 saturated carbocycles. The van der Waals surface area contributed by atoms with Gasteiger partial charge in [-0.25, -0.2) is 4.98 Å². The first-order chi connectivity index (χ1) is 13.0. The topological polar surface area (TPSA) is 95.6 Å². The number of nitrogens with zero attached hydrogens (tertiary/aromatic N) is 3. The molecule has 1 saturated heterocycles. The van der Waals surface area contributed by atoms with Crippen LogP contribution in [0.15, 0.2) is 18.2 Å². The Balaban J connectivity index is 1.58.